The number of hydrogen-bond acceptors (Lipinski definition) is 3. The highest BCUT2D eigenvalue weighted by molar-refractivity contribution is 5.54. The van der Waals surface area contributed by atoms with Gasteiger partial charge in [-0.05, 0) is 24.2 Å². The van der Waals surface area contributed by atoms with E-state index in [0.29, 0.717) is 6.54 Å². The quantitative estimate of drug-likeness (QED) is 0.863. The molecular weight excluding hydrogens is 217 g/mol. The van der Waals surface area contributed by atoms with Crippen LogP contribution in [0.2, 0.25) is 0 Å². The van der Waals surface area contributed by atoms with E-state index in [0.717, 1.165) is 44.0 Å². The first kappa shape index (κ1) is 12.3. The molecule has 1 aromatic carbocycles. The van der Waals surface area contributed by atoms with Gasteiger partial charge in [-0.3, -0.25) is 0 Å². The van der Waals surface area contributed by atoms with Gasteiger partial charge in [-0.25, -0.2) is 4.39 Å². The fourth-order valence-electron chi connectivity index (χ4n) is 2.31. The molecule has 2 rings (SSSR count). The second kappa shape index (κ2) is 5.47. The van der Waals surface area contributed by atoms with E-state index >= 15 is 0 Å². The third-order valence-electron chi connectivity index (χ3n) is 3.43. The summed E-state index contributed by atoms with van der Waals surface area (Å²) in [5.74, 6) is -0.185. The lowest BCUT2D eigenvalue weighted by Gasteiger charge is -2.36. The molecule has 17 heavy (non-hydrogen) atoms. The lowest BCUT2D eigenvalue weighted by Crippen LogP contribution is -2.46. The lowest BCUT2D eigenvalue weighted by atomic mass is 10.1. The van der Waals surface area contributed by atoms with Crippen LogP contribution in [0.25, 0.3) is 0 Å². The first-order chi connectivity index (χ1) is 8.24. The standard InChI is InChI=1S/C13H20FN3/c1-2-16-5-7-17(8-6-16)13-9-12(14)4-3-11(13)10-15/h3-4,9H,2,5-8,10,15H2,1H3. The minimum Gasteiger partial charge on any atom is -0.369 e. The van der Waals surface area contributed by atoms with E-state index in [1.54, 1.807) is 12.1 Å². The molecule has 3 nitrogen and oxygen atoms in total. The number of rotatable bonds is 3. The van der Waals surface area contributed by atoms with Gasteiger partial charge in [0.15, 0.2) is 0 Å². The number of likely N-dealkylation sites (N-methyl/N-ethyl adjacent to an activating group) is 1. The summed E-state index contributed by atoms with van der Waals surface area (Å²) < 4.78 is 13.3. The van der Waals surface area contributed by atoms with Crippen LogP contribution in [0, 0.1) is 5.82 Å². The molecule has 1 fully saturated rings. The van der Waals surface area contributed by atoms with E-state index in [1.165, 1.54) is 6.07 Å². The van der Waals surface area contributed by atoms with Gasteiger partial charge >= 0.3 is 0 Å². The molecule has 0 aliphatic carbocycles. The highest BCUT2D eigenvalue weighted by atomic mass is 19.1. The Hall–Kier alpha value is -1.13. The number of halogens is 1. The average molecular weight is 237 g/mol. The van der Waals surface area contributed by atoms with Crippen molar-refractivity contribution in [3.05, 3.63) is 29.6 Å². The molecule has 0 spiro atoms. The molecule has 1 heterocycles. The molecule has 0 radical (unpaired) electrons. The molecule has 0 amide bonds. The molecule has 1 saturated heterocycles. The SMILES string of the molecule is CCN1CCN(c2cc(F)ccc2CN)CC1. The number of hydrogen-bond donors (Lipinski definition) is 1. The second-order valence-corrected chi connectivity index (χ2v) is 4.40. The van der Waals surface area contributed by atoms with Gasteiger partial charge in [-0.2, -0.15) is 0 Å². The van der Waals surface area contributed by atoms with Crippen molar-refractivity contribution in [2.75, 3.05) is 37.6 Å². The van der Waals surface area contributed by atoms with Crippen LogP contribution in [-0.4, -0.2) is 37.6 Å². The van der Waals surface area contributed by atoms with E-state index in [-0.39, 0.29) is 5.82 Å². The normalized spacial score (nSPS) is 17.5. The minimum atomic E-state index is -0.185. The Bertz CT molecular complexity index is 373. The van der Waals surface area contributed by atoms with Gasteiger partial charge in [-0.1, -0.05) is 13.0 Å². The van der Waals surface area contributed by atoms with Crippen molar-refractivity contribution in [1.29, 1.82) is 0 Å². The third-order valence-corrected chi connectivity index (χ3v) is 3.43. The molecule has 1 aliphatic heterocycles. The maximum atomic E-state index is 13.3. The molecule has 0 bridgehead atoms. The summed E-state index contributed by atoms with van der Waals surface area (Å²) in [5, 5.41) is 0. The summed E-state index contributed by atoms with van der Waals surface area (Å²) >= 11 is 0. The molecule has 0 atom stereocenters. The van der Waals surface area contributed by atoms with Gasteiger partial charge in [0.05, 0.1) is 0 Å². The van der Waals surface area contributed by atoms with Crippen molar-refractivity contribution >= 4 is 5.69 Å². The van der Waals surface area contributed by atoms with Gasteiger partial charge in [0.2, 0.25) is 0 Å². The van der Waals surface area contributed by atoms with E-state index in [4.69, 9.17) is 5.73 Å². The fraction of sp³-hybridized carbons (Fsp3) is 0.538. The smallest absolute Gasteiger partial charge is 0.125 e. The molecule has 4 heteroatoms. The van der Waals surface area contributed by atoms with Crippen molar-refractivity contribution in [3.63, 3.8) is 0 Å². The number of nitrogens with two attached hydrogens (primary N) is 1. The van der Waals surface area contributed by atoms with E-state index in [9.17, 15) is 4.39 Å². The molecule has 94 valence electrons. The number of piperazine rings is 1. The third kappa shape index (κ3) is 2.76. The van der Waals surface area contributed by atoms with Crippen molar-refractivity contribution in [3.8, 4) is 0 Å². The molecule has 2 N–H and O–H groups in total. The molecule has 0 saturated carbocycles. The Morgan fingerprint density at radius 1 is 1.24 bits per heavy atom. The van der Waals surface area contributed by atoms with Gasteiger partial charge in [0.1, 0.15) is 5.82 Å². The number of anilines is 1. The van der Waals surface area contributed by atoms with Crippen LogP contribution in [0.5, 0.6) is 0 Å². The van der Waals surface area contributed by atoms with Crippen LogP contribution in [0.15, 0.2) is 18.2 Å². The maximum Gasteiger partial charge on any atom is 0.125 e. The highest BCUT2D eigenvalue weighted by Crippen LogP contribution is 2.22. The van der Waals surface area contributed by atoms with Crippen LogP contribution in [0.4, 0.5) is 10.1 Å². The summed E-state index contributed by atoms with van der Waals surface area (Å²) in [7, 11) is 0. The predicted octanol–water partition coefficient (Wildman–Crippen LogP) is 1.43. The number of benzene rings is 1. The van der Waals surface area contributed by atoms with Crippen molar-refractivity contribution in [1.82, 2.24) is 4.90 Å². The highest BCUT2D eigenvalue weighted by Gasteiger charge is 2.18. The second-order valence-electron chi connectivity index (χ2n) is 4.40. The topological polar surface area (TPSA) is 32.5 Å². The molecule has 0 unspecified atom stereocenters. The largest absolute Gasteiger partial charge is 0.369 e. The zero-order valence-corrected chi connectivity index (χ0v) is 10.3. The fourth-order valence-corrected chi connectivity index (χ4v) is 2.31. The summed E-state index contributed by atoms with van der Waals surface area (Å²) in [6.45, 7) is 7.69. The van der Waals surface area contributed by atoms with Gasteiger partial charge in [0.25, 0.3) is 0 Å². The summed E-state index contributed by atoms with van der Waals surface area (Å²) in [6, 6.07) is 4.87. The van der Waals surface area contributed by atoms with Gasteiger partial charge in [0, 0.05) is 38.4 Å². The Labute approximate surface area is 102 Å². The Morgan fingerprint density at radius 3 is 2.53 bits per heavy atom. The Balaban J connectivity index is 2.14. The molecule has 0 aromatic heterocycles. The van der Waals surface area contributed by atoms with Crippen molar-refractivity contribution in [2.24, 2.45) is 5.73 Å². The zero-order valence-electron chi connectivity index (χ0n) is 10.3. The molecule has 1 aromatic rings. The minimum absolute atomic E-state index is 0.185. The van der Waals surface area contributed by atoms with Gasteiger partial charge in [-0.15, -0.1) is 0 Å². The van der Waals surface area contributed by atoms with Crippen LogP contribution >= 0.6 is 0 Å². The van der Waals surface area contributed by atoms with E-state index in [1.807, 2.05) is 0 Å². The van der Waals surface area contributed by atoms with Gasteiger partial charge < -0.3 is 15.5 Å². The Kier molecular flexibility index (Phi) is 3.97. The lowest BCUT2D eigenvalue weighted by molar-refractivity contribution is 0.271. The average Bonchev–Trinajstić information content (AvgIpc) is 2.39. The Morgan fingerprint density at radius 2 is 1.94 bits per heavy atom. The van der Waals surface area contributed by atoms with Crippen LogP contribution < -0.4 is 10.6 Å². The van der Waals surface area contributed by atoms with Crippen LogP contribution in [-0.2, 0) is 6.54 Å². The van der Waals surface area contributed by atoms with E-state index < -0.39 is 0 Å². The first-order valence-corrected chi connectivity index (χ1v) is 6.20. The summed E-state index contributed by atoms with van der Waals surface area (Å²) in [6.07, 6.45) is 0. The predicted molar refractivity (Wildman–Crippen MR) is 68.6 cm³/mol. The van der Waals surface area contributed by atoms with Crippen molar-refractivity contribution in [2.45, 2.75) is 13.5 Å². The summed E-state index contributed by atoms with van der Waals surface area (Å²) in [4.78, 5) is 4.63. The number of nitrogens with zero attached hydrogens (tertiary/aromatic N) is 2. The van der Waals surface area contributed by atoms with Crippen LogP contribution in [0.1, 0.15) is 12.5 Å². The maximum absolute atomic E-state index is 13.3. The molecule has 1 aliphatic rings. The molecular formula is C13H20FN3. The zero-order chi connectivity index (χ0) is 12.3. The summed E-state index contributed by atoms with van der Waals surface area (Å²) in [5.41, 5.74) is 7.69. The first-order valence-electron chi connectivity index (χ1n) is 6.20. The monoisotopic (exact) mass is 237 g/mol. The van der Waals surface area contributed by atoms with Crippen molar-refractivity contribution < 1.29 is 4.39 Å². The van der Waals surface area contributed by atoms with Crippen LogP contribution in [0.3, 0.4) is 0 Å². The van der Waals surface area contributed by atoms with E-state index in [2.05, 4.69) is 16.7 Å².